The number of amides is 2. The predicted octanol–water partition coefficient (Wildman–Crippen LogP) is 4.77. The fourth-order valence-electron chi connectivity index (χ4n) is 3.38. The largest absolute Gasteiger partial charge is 0.329 e. The van der Waals surface area contributed by atoms with E-state index < -0.39 is 0 Å². The highest BCUT2D eigenvalue weighted by atomic mass is 16.2. The van der Waals surface area contributed by atoms with Crippen molar-refractivity contribution in [2.45, 2.75) is 27.7 Å². The number of hydrogen-bond acceptors (Lipinski definition) is 3. The number of aromatic nitrogens is 2. The van der Waals surface area contributed by atoms with Gasteiger partial charge in [0.2, 0.25) is 17.8 Å². The first kappa shape index (κ1) is 23.0. The van der Waals surface area contributed by atoms with Gasteiger partial charge in [0.05, 0.1) is 5.69 Å². The van der Waals surface area contributed by atoms with Crippen LogP contribution in [0.5, 0.6) is 0 Å². The maximum atomic E-state index is 12.9. The number of rotatable bonds is 8. The van der Waals surface area contributed by atoms with E-state index in [0.29, 0.717) is 12.5 Å². The second kappa shape index (κ2) is 10.1. The van der Waals surface area contributed by atoms with Gasteiger partial charge in [-0.05, 0) is 37.1 Å². The molecule has 3 rings (SSSR count). The maximum absolute atomic E-state index is 12.9. The van der Waals surface area contributed by atoms with Gasteiger partial charge in [-0.1, -0.05) is 56.3 Å². The van der Waals surface area contributed by atoms with Crippen LogP contribution in [0.15, 0.2) is 67.4 Å². The first-order valence-electron chi connectivity index (χ1n) is 10.7. The monoisotopic (exact) mass is 430 g/mol. The summed E-state index contributed by atoms with van der Waals surface area (Å²) in [6, 6.07) is 15.9. The summed E-state index contributed by atoms with van der Waals surface area (Å²) in [5.74, 6) is -0.198. The number of benzene rings is 2. The normalized spacial score (nSPS) is 10.8. The van der Waals surface area contributed by atoms with Crippen LogP contribution in [-0.4, -0.2) is 39.4 Å². The van der Waals surface area contributed by atoms with E-state index >= 15 is 0 Å². The highest BCUT2D eigenvalue weighted by molar-refractivity contribution is 5.94. The van der Waals surface area contributed by atoms with Crippen LogP contribution < -0.4 is 5.32 Å². The predicted molar refractivity (Wildman–Crippen MR) is 129 cm³/mol. The molecular formula is C26H30N4O2. The number of hydrogen-bond donors (Lipinski definition) is 1. The number of carbonyl (C=O) groups excluding carboxylic acids is 2. The van der Waals surface area contributed by atoms with Crippen molar-refractivity contribution in [3.63, 3.8) is 0 Å². The van der Waals surface area contributed by atoms with E-state index in [4.69, 9.17) is 0 Å². The number of carbonyl (C=O) groups is 2. The smallest absolute Gasteiger partial charge is 0.246 e. The fourth-order valence-corrected chi connectivity index (χ4v) is 3.38. The van der Waals surface area contributed by atoms with E-state index in [-0.39, 0.29) is 24.3 Å². The molecular weight excluding hydrogens is 400 g/mol. The second-order valence-corrected chi connectivity index (χ2v) is 8.16. The Labute approximate surface area is 189 Å². The molecule has 0 unspecified atom stereocenters. The summed E-state index contributed by atoms with van der Waals surface area (Å²) in [5.41, 5.74) is 4.94. The fraction of sp³-hybridized carbons (Fsp3) is 0.269. The molecule has 0 radical (unpaired) electrons. The van der Waals surface area contributed by atoms with Crippen LogP contribution in [0.3, 0.4) is 0 Å². The number of nitrogens with one attached hydrogen (secondary N) is 1. The molecule has 1 aromatic heterocycles. The van der Waals surface area contributed by atoms with Crippen LogP contribution in [0.25, 0.3) is 16.9 Å². The number of nitrogens with zero attached hydrogens (tertiary/aromatic N) is 3. The maximum Gasteiger partial charge on any atom is 0.246 e. The van der Waals surface area contributed by atoms with Crippen molar-refractivity contribution in [2.75, 3.05) is 18.4 Å². The second-order valence-electron chi connectivity index (χ2n) is 8.16. The van der Waals surface area contributed by atoms with Gasteiger partial charge < -0.3 is 4.90 Å². The molecule has 3 aromatic rings. The first-order chi connectivity index (χ1) is 15.3. The molecule has 1 heterocycles. The van der Waals surface area contributed by atoms with Gasteiger partial charge in [0, 0.05) is 29.9 Å². The van der Waals surface area contributed by atoms with Gasteiger partial charge in [-0.2, -0.15) is 0 Å². The Balaban J connectivity index is 1.94. The highest BCUT2D eigenvalue weighted by Crippen LogP contribution is 2.25. The molecule has 0 saturated heterocycles. The van der Waals surface area contributed by atoms with E-state index in [9.17, 15) is 9.59 Å². The van der Waals surface area contributed by atoms with Gasteiger partial charge in [-0.3, -0.25) is 19.5 Å². The van der Waals surface area contributed by atoms with Crippen molar-refractivity contribution in [1.82, 2.24) is 14.5 Å². The Hall–Kier alpha value is -3.67. The van der Waals surface area contributed by atoms with Crippen molar-refractivity contribution < 1.29 is 9.59 Å². The summed E-state index contributed by atoms with van der Waals surface area (Å²) in [4.78, 5) is 31.5. The Morgan fingerprint density at radius 3 is 2.47 bits per heavy atom. The zero-order chi connectivity index (χ0) is 23.3. The zero-order valence-corrected chi connectivity index (χ0v) is 19.1. The van der Waals surface area contributed by atoms with Gasteiger partial charge in [-0.15, -0.1) is 6.58 Å². The Bertz CT molecular complexity index is 1120. The molecule has 0 atom stereocenters. The van der Waals surface area contributed by atoms with E-state index in [0.717, 1.165) is 22.5 Å². The van der Waals surface area contributed by atoms with E-state index in [1.54, 1.807) is 6.08 Å². The van der Waals surface area contributed by atoms with Crippen molar-refractivity contribution in [3.8, 4) is 16.9 Å². The van der Waals surface area contributed by atoms with Crippen molar-refractivity contribution in [1.29, 1.82) is 0 Å². The SMILES string of the molecule is C=CCN(CC(=O)Nc1nc(-c2ccccc2)cn1-c1ccc(C)c(C)c1)C(=O)C(C)C. The Morgan fingerprint density at radius 2 is 1.84 bits per heavy atom. The zero-order valence-electron chi connectivity index (χ0n) is 19.1. The lowest BCUT2D eigenvalue weighted by atomic mass is 10.1. The molecule has 0 aliphatic rings. The van der Waals surface area contributed by atoms with E-state index in [1.165, 1.54) is 10.5 Å². The summed E-state index contributed by atoms with van der Waals surface area (Å²) >= 11 is 0. The summed E-state index contributed by atoms with van der Waals surface area (Å²) in [6.45, 7) is 11.7. The summed E-state index contributed by atoms with van der Waals surface area (Å²) < 4.78 is 1.87. The first-order valence-corrected chi connectivity index (χ1v) is 10.7. The third kappa shape index (κ3) is 5.32. The lowest BCUT2D eigenvalue weighted by Crippen LogP contribution is -2.40. The molecule has 6 heteroatoms. The molecule has 2 amide bonds. The lowest BCUT2D eigenvalue weighted by Gasteiger charge is -2.22. The average Bonchev–Trinajstić information content (AvgIpc) is 3.19. The van der Waals surface area contributed by atoms with Gasteiger partial charge in [0.25, 0.3) is 0 Å². The molecule has 6 nitrogen and oxygen atoms in total. The Kier molecular flexibility index (Phi) is 7.25. The number of imidazole rings is 1. The van der Waals surface area contributed by atoms with Crippen molar-refractivity contribution in [2.24, 2.45) is 5.92 Å². The van der Waals surface area contributed by atoms with Crippen molar-refractivity contribution >= 4 is 17.8 Å². The summed E-state index contributed by atoms with van der Waals surface area (Å²) in [7, 11) is 0. The molecule has 32 heavy (non-hydrogen) atoms. The van der Waals surface area contributed by atoms with Gasteiger partial charge in [-0.25, -0.2) is 4.98 Å². The minimum Gasteiger partial charge on any atom is -0.329 e. The molecule has 0 fully saturated rings. The number of anilines is 1. The summed E-state index contributed by atoms with van der Waals surface area (Å²) in [5, 5.41) is 2.90. The minimum atomic E-state index is -0.309. The Morgan fingerprint density at radius 1 is 1.12 bits per heavy atom. The molecule has 2 aromatic carbocycles. The molecule has 0 aliphatic heterocycles. The van der Waals surface area contributed by atoms with Gasteiger partial charge in [0.1, 0.15) is 6.54 Å². The molecule has 0 saturated carbocycles. The van der Waals surface area contributed by atoms with Crippen LogP contribution in [-0.2, 0) is 9.59 Å². The molecule has 1 N–H and O–H groups in total. The van der Waals surface area contributed by atoms with Gasteiger partial charge >= 0.3 is 0 Å². The van der Waals surface area contributed by atoms with Crippen LogP contribution in [0.2, 0.25) is 0 Å². The minimum absolute atomic E-state index is 0.0660. The third-order valence-corrected chi connectivity index (χ3v) is 5.28. The van der Waals surface area contributed by atoms with Crippen molar-refractivity contribution in [3.05, 3.63) is 78.5 Å². The standard InChI is InChI=1S/C26H30N4O2/c1-6-14-29(25(32)18(2)3)17-24(31)28-26-27-23(21-10-8-7-9-11-21)16-30(26)22-13-12-19(4)20(5)15-22/h6-13,15-16,18H,1,14,17H2,2-5H3,(H,27,28,31). The van der Waals surface area contributed by atoms with E-state index in [2.05, 4.69) is 36.8 Å². The highest BCUT2D eigenvalue weighted by Gasteiger charge is 2.21. The van der Waals surface area contributed by atoms with Crippen LogP contribution >= 0.6 is 0 Å². The van der Waals surface area contributed by atoms with Gasteiger partial charge in [0.15, 0.2) is 0 Å². The molecule has 166 valence electrons. The van der Waals surface area contributed by atoms with Crippen LogP contribution in [0, 0.1) is 19.8 Å². The van der Waals surface area contributed by atoms with Crippen LogP contribution in [0.4, 0.5) is 5.95 Å². The van der Waals surface area contributed by atoms with Crippen LogP contribution in [0.1, 0.15) is 25.0 Å². The third-order valence-electron chi connectivity index (χ3n) is 5.28. The quantitative estimate of drug-likeness (QED) is 0.524. The topological polar surface area (TPSA) is 67.2 Å². The average molecular weight is 431 g/mol. The lowest BCUT2D eigenvalue weighted by molar-refractivity contribution is -0.136. The molecule has 0 bridgehead atoms. The van der Waals surface area contributed by atoms with E-state index in [1.807, 2.05) is 67.1 Å². The molecule has 0 aliphatic carbocycles. The number of aryl methyl sites for hydroxylation is 2. The summed E-state index contributed by atoms with van der Waals surface area (Å²) in [6.07, 6.45) is 3.53. The molecule has 0 spiro atoms.